The van der Waals surface area contributed by atoms with Crippen molar-refractivity contribution in [2.45, 2.75) is 117 Å². The second kappa shape index (κ2) is 17.7. The van der Waals surface area contributed by atoms with Gasteiger partial charge < -0.3 is 25.0 Å². The van der Waals surface area contributed by atoms with Gasteiger partial charge in [0.25, 0.3) is 5.91 Å². The number of benzene rings is 2. The van der Waals surface area contributed by atoms with Crippen molar-refractivity contribution < 1.29 is 19.1 Å². The molecule has 8 heteroatoms. The van der Waals surface area contributed by atoms with E-state index in [9.17, 15) is 9.59 Å². The zero-order valence-corrected chi connectivity index (χ0v) is 31.9. The normalized spacial score (nSPS) is 25.8. The molecule has 3 heterocycles. The molecule has 2 aromatic carbocycles. The minimum atomic E-state index is -0.597. The Morgan fingerprint density at radius 3 is 2.22 bits per heavy atom. The van der Waals surface area contributed by atoms with Crippen molar-refractivity contribution in [2.75, 3.05) is 57.5 Å². The molecule has 0 bridgehead atoms. The molecule has 4 aliphatic rings. The van der Waals surface area contributed by atoms with Crippen LogP contribution in [0, 0.1) is 17.3 Å². The molecule has 280 valence electrons. The van der Waals surface area contributed by atoms with Crippen LogP contribution in [-0.2, 0) is 27.2 Å². The second-order valence-electron chi connectivity index (χ2n) is 15.9. The maximum absolute atomic E-state index is 14.7. The average molecular weight is 701 g/mol. The molecule has 8 nitrogen and oxygen atoms in total. The van der Waals surface area contributed by atoms with Crippen molar-refractivity contribution in [3.05, 3.63) is 53.1 Å². The molecule has 0 radical (unpaired) electrons. The van der Waals surface area contributed by atoms with Crippen LogP contribution < -0.4 is 15.5 Å². The fourth-order valence-corrected chi connectivity index (χ4v) is 9.76. The summed E-state index contributed by atoms with van der Waals surface area (Å²) in [6, 6.07) is 13.8. The molecule has 3 saturated heterocycles. The Morgan fingerprint density at radius 1 is 0.902 bits per heavy atom. The van der Waals surface area contributed by atoms with Gasteiger partial charge in [-0.1, -0.05) is 70.2 Å². The van der Waals surface area contributed by atoms with Gasteiger partial charge >= 0.3 is 0 Å². The standard InChI is InChI=1S/C43H64N4O4/c1-5-38-39(41(48)44-30-43(31(3)26-32(4)45-42(43)49)36-12-10-8-7-9-11-13-36)27-35(28-40(38)47(6-2)37-18-22-50-23-19-37)34-16-14-33(15-17-34)29-46-20-24-51-25-21-46/h14-17,27-28,31-32,36-37H,5-13,18-26,29-30H2,1-4H3,(H,44,48)(H,45,49). The van der Waals surface area contributed by atoms with Gasteiger partial charge in [-0.3, -0.25) is 14.5 Å². The summed E-state index contributed by atoms with van der Waals surface area (Å²) >= 11 is 0. The molecule has 1 aliphatic carbocycles. The zero-order chi connectivity index (χ0) is 35.8. The van der Waals surface area contributed by atoms with Gasteiger partial charge in [-0.15, -0.1) is 0 Å². The van der Waals surface area contributed by atoms with E-state index in [2.05, 4.69) is 84.5 Å². The largest absolute Gasteiger partial charge is 0.381 e. The maximum atomic E-state index is 14.7. The van der Waals surface area contributed by atoms with Crippen molar-refractivity contribution in [1.82, 2.24) is 15.5 Å². The Hall–Kier alpha value is -2.94. The number of nitrogens with zero attached hydrogens (tertiary/aromatic N) is 2. The molecule has 4 fully saturated rings. The number of hydrogen-bond acceptors (Lipinski definition) is 6. The molecule has 2 aromatic rings. The lowest BCUT2D eigenvalue weighted by Crippen LogP contribution is -2.61. The number of amides is 2. The van der Waals surface area contributed by atoms with Gasteiger partial charge in [0.15, 0.2) is 0 Å². The van der Waals surface area contributed by atoms with Crippen molar-refractivity contribution in [3.63, 3.8) is 0 Å². The van der Waals surface area contributed by atoms with Gasteiger partial charge in [-0.2, -0.15) is 0 Å². The van der Waals surface area contributed by atoms with Gasteiger partial charge in [-0.25, -0.2) is 0 Å². The van der Waals surface area contributed by atoms with E-state index in [1.807, 2.05) is 0 Å². The summed E-state index contributed by atoms with van der Waals surface area (Å²) in [5.41, 5.74) is 5.83. The highest BCUT2D eigenvalue weighted by Crippen LogP contribution is 2.47. The lowest BCUT2D eigenvalue weighted by Gasteiger charge is -2.49. The summed E-state index contributed by atoms with van der Waals surface area (Å²) in [6.07, 6.45) is 11.8. The topological polar surface area (TPSA) is 83.1 Å². The molecule has 6 rings (SSSR count). The molecular formula is C43H64N4O4. The summed E-state index contributed by atoms with van der Waals surface area (Å²) in [6.45, 7) is 16.0. The highest BCUT2D eigenvalue weighted by Gasteiger charge is 2.52. The van der Waals surface area contributed by atoms with Gasteiger partial charge in [0.05, 0.1) is 18.6 Å². The number of piperidine rings is 1. The van der Waals surface area contributed by atoms with Crippen LogP contribution in [-0.4, -0.2) is 81.4 Å². The number of anilines is 1. The van der Waals surface area contributed by atoms with Crippen LogP contribution >= 0.6 is 0 Å². The highest BCUT2D eigenvalue weighted by molar-refractivity contribution is 5.99. The van der Waals surface area contributed by atoms with E-state index in [1.54, 1.807) is 0 Å². The Kier molecular flexibility index (Phi) is 13.1. The summed E-state index contributed by atoms with van der Waals surface area (Å²) in [5.74, 6) is 0.538. The number of rotatable bonds is 11. The van der Waals surface area contributed by atoms with E-state index in [1.165, 1.54) is 24.8 Å². The molecular weight excluding hydrogens is 636 g/mol. The number of hydrogen-bond donors (Lipinski definition) is 2. The molecule has 2 N–H and O–H groups in total. The Balaban J connectivity index is 1.34. The molecule has 0 aromatic heterocycles. The lowest BCUT2D eigenvalue weighted by molar-refractivity contribution is -0.144. The van der Waals surface area contributed by atoms with Crippen LogP contribution in [0.4, 0.5) is 5.69 Å². The highest BCUT2D eigenvalue weighted by atomic mass is 16.5. The van der Waals surface area contributed by atoms with Crippen LogP contribution in [0.2, 0.25) is 0 Å². The monoisotopic (exact) mass is 700 g/mol. The third kappa shape index (κ3) is 8.66. The first kappa shape index (κ1) is 37.8. The van der Waals surface area contributed by atoms with Crippen LogP contribution in [0.1, 0.15) is 113 Å². The number of morpholine rings is 1. The average Bonchev–Trinajstić information content (AvgIpc) is 3.13. The number of nitrogens with one attached hydrogen (secondary N) is 2. The molecule has 51 heavy (non-hydrogen) atoms. The van der Waals surface area contributed by atoms with E-state index < -0.39 is 5.41 Å². The molecule has 1 saturated carbocycles. The van der Waals surface area contributed by atoms with Gasteiger partial charge in [-0.05, 0) is 98.6 Å². The van der Waals surface area contributed by atoms with Crippen LogP contribution in [0.3, 0.4) is 0 Å². The van der Waals surface area contributed by atoms with Gasteiger partial charge in [0, 0.05) is 69.3 Å². The van der Waals surface area contributed by atoms with Crippen LogP contribution in [0.5, 0.6) is 0 Å². The summed E-state index contributed by atoms with van der Waals surface area (Å²) in [5, 5.41) is 6.77. The third-order valence-corrected chi connectivity index (χ3v) is 12.7. The van der Waals surface area contributed by atoms with Crippen LogP contribution in [0.25, 0.3) is 11.1 Å². The summed E-state index contributed by atoms with van der Waals surface area (Å²) in [4.78, 5) is 33.8. The molecule has 3 unspecified atom stereocenters. The van der Waals surface area contributed by atoms with E-state index in [0.717, 1.165) is 132 Å². The van der Waals surface area contributed by atoms with Crippen molar-refractivity contribution in [3.8, 4) is 11.1 Å². The SMILES string of the molecule is CCc1c(C(=O)NCC2(C3CCCCCCC3)C(=O)NC(C)CC2C)cc(-c2ccc(CN3CCOCC3)cc2)cc1N(CC)C1CCOCC1. The summed E-state index contributed by atoms with van der Waals surface area (Å²) in [7, 11) is 0. The Labute approximate surface area is 307 Å². The second-order valence-corrected chi connectivity index (χ2v) is 15.9. The maximum Gasteiger partial charge on any atom is 0.251 e. The molecule has 0 spiro atoms. The molecule has 3 aliphatic heterocycles. The predicted molar refractivity (Wildman–Crippen MR) is 206 cm³/mol. The Morgan fingerprint density at radius 2 is 1.57 bits per heavy atom. The molecule has 3 atom stereocenters. The summed E-state index contributed by atoms with van der Waals surface area (Å²) < 4.78 is 11.3. The Bertz CT molecular complexity index is 1440. The third-order valence-electron chi connectivity index (χ3n) is 12.7. The number of ether oxygens (including phenoxy) is 2. The van der Waals surface area contributed by atoms with Crippen molar-refractivity contribution >= 4 is 17.5 Å². The van der Waals surface area contributed by atoms with Crippen LogP contribution in [0.15, 0.2) is 36.4 Å². The first-order valence-electron chi connectivity index (χ1n) is 20.3. The minimum Gasteiger partial charge on any atom is -0.381 e. The van der Waals surface area contributed by atoms with Crippen molar-refractivity contribution in [2.24, 2.45) is 17.3 Å². The van der Waals surface area contributed by atoms with E-state index in [4.69, 9.17) is 9.47 Å². The van der Waals surface area contributed by atoms with E-state index in [0.29, 0.717) is 12.6 Å². The fourth-order valence-electron chi connectivity index (χ4n) is 9.76. The van der Waals surface area contributed by atoms with Gasteiger partial charge in [0.1, 0.15) is 0 Å². The lowest BCUT2D eigenvalue weighted by atomic mass is 9.59. The van der Waals surface area contributed by atoms with E-state index in [-0.39, 0.29) is 29.7 Å². The van der Waals surface area contributed by atoms with Crippen molar-refractivity contribution in [1.29, 1.82) is 0 Å². The fraction of sp³-hybridized carbons (Fsp3) is 0.674. The first-order chi connectivity index (χ1) is 24.8. The minimum absolute atomic E-state index is 0.0641. The zero-order valence-electron chi connectivity index (χ0n) is 31.9. The molecule has 2 amide bonds. The van der Waals surface area contributed by atoms with Gasteiger partial charge in [0.2, 0.25) is 5.91 Å². The predicted octanol–water partition coefficient (Wildman–Crippen LogP) is 7.37. The quantitative estimate of drug-likeness (QED) is 0.255. The first-order valence-corrected chi connectivity index (χ1v) is 20.3. The number of carbonyl (C=O) groups is 2. The smallest absolute Gasteiger partial charge is 0.251 e. The van der Waals surface area contributed by atoms with E-state index >= 15 is 0 Å². The number of carbonyl (C=O) groups excluding carboxylic acids is 2.